The minimum atomic E-state index is 0.797. The Kier molecular flexibility index (Phi) is 3.19. The third-order valence-electron chi connectivity index (χ3n) is 2.84. The molecule has 0 unspecified atom stereocenters. The molecule has 0 amide bonds. The van der Waals surface area contributed by atoms with Gasteiger partial charge in [-0.3, -0.25) is 0 Å². The summed E-state index contributed by atoms with van der Waals surface area (Å²) in [4.78, 5) is 7.47. The molecule has 2 heterocycles. The highest BCUT2D eigenvalue weighted by molar-refractivity contribution is 14.1. The molecule has 2 aromatic heterocycles. The van der Waals surface area contributed by atoms with E-state index in [1.54, 1.807) is 6.20 Å². The smallest absolute Gasteiger partial charge is 0.137 e. The predicted molar refractivity (Wildman–Crippen MR) is 82.6 cm³/mol. The van der Waals surface area contributed by atoms with Crippen LogP contribution >= 0.6 is 22.6 Å². The van der Waals surface area contributed by atoms with E-state index < -0.39 is 0 Å². The number of nitrogens with one attached hydrogen (secondary N) is 2. The Bertz CT molecular complexity index is 675. The van der Waals surface area contributed by atoms with Crippen LogP contribution in [0.5, 0.6) is 0 Å². The van der Waals surface area contributed by atoms with E-state index in [0.29, 0.717) is 0 Å². The zero-order valence-electron chi connectivity index (χ0n) is 9.65. The van der Waals surface area contributed by atoms with Gasteiger partial charge in [0, 0.05) is 33.6 Å². The van der Waals surface area contributed by atoms with Crippen molar-refractivity contribution in [2.45, 2.75) is 6.54 Å². The van der Waals surface area contributed by atoms with Crippen LogP contribution in [0.2, 0.25) is 0 Å². The van der Waals surface area contributed by atoms with E-state index in [2.05, 4.69) is 68.2 Å². The molecule has 90 valence electrons. The molecule has 3 nitrogen and oxygen atoms in total. The van der Waals surface area contributed by atoms with Gasteiger partial charge < -0.3 is 10.3 Å². The van der Waals surface area contributed by atoms with Crippen molar-refractivity contribution in [1.82, 2.24) is 9.97 Å². The minimum absolute atomic E-state index is 0.797. The van der Waals surface area contributed by atoms with Gasteiger partial charge in [-0.1, -0.05) is 6.07 Å². The van der Waals surface area contributed by atoms with Gasteiger partial charge in [-0.05, 0) is 58.5 Å². The highest BCUT2D eigenvalue weighted by Gasteiger charge is 2.03. The van der Waals surface area contributed by atoms with Crippen LogP contribution in [0.25, 0.3) is 11.0 Å². The number of nitrogens with zero attached hydrogens (tertiary/aromatic N) is 1. The molecule has 0 aliphatic rings. The Hall–Kier alpha value is -1.56. The molecular formula is C14H12IN3. The fraction of sp³-hybridized carbons (Fsp3) is 0.0714. The lowest BCUT2D eigenvalue weighted by atomic mass is 10.2. The molecule has 0 fully saturated rings. The van der Waals surface area contributed by atoms with Crippen LogP contribution in [0, 0.1) is 3.57 Å². The molecule has 0 aliphatic heterocycles. The largest absolute Gasteiger partial charge is 0.381 e. The molecule has 1 aromatic carbocycles. The van der Waals surface area contributed by atoms with Crippen molar-refractivity contribution >= 4 is 39.3 Å². The molecule has 0 spiro atoms. The van der Waals surface area contributed by atoms with Gasteiger partial charge in [0.25, 0.3) is 0 Å². The minimum Gasteiger partial charge on any atom is -0.381 e. The first kappa shape index (κ1) is 11.5. The number of aromatic amines is 1. The first-order chi connectivity index (χ1) is 8.83. The van der Waals surface area contributed by atoms with Gasteiger partial charge in [-0.25, -0.2) is 4.98 Å². The summed E-state index contributed by atoms with van der Waals surface area (Å²) in [7, 11) is 0. The van der Waals surface area contributed by atoms with Gasteiger partial charge in [0.05, 0.1) is 0 Å². The fourth-order valence-corrected chi connectivity index (χ4v) is 2.50. The van der Waals surface area contributed by atoms with Crippen molar-refractivity contribution in [3.05, 3.63) is 57.9 Å². The van der Waals surface area contributed by atoms with E-state index in [-0.39, 0.29) is 0 Å². The second-order valence-electron chi connectivity index (χ2n) is 4.08. The van der Waals surface area contributed by atoms with E-state index in [9.17, 15) is 0 Å². The molecule has 0 aliphatic carbocycles. The normalized spacial score (nSPS) is 10.7. The van der Waals surface area contributed by atoms with Crippen LogP contribution in [0.4, 0.5) is 5.69 Å². The Morgan fingerprint density at radius 3 is 3.06 bits per heavy atom. The third-order valence-corrected chi connectivity index (χ3v) is 3.52. The topological polar surface area (TPSA) is 40.7 Å². The third kappa shape index (κ3) is 2.33. The summed E-state index contributed by atoms with van der Waals surface area (Å²) >= 11 is 2.32. The average Bonchev–Trinajstić information content (AvgIpc) is 2.80. The first-order valence-electron chi connectivity index (χ1n) is 5.73. The van der Waals surface area contributed by atoms with Crippen LogP contribution < -0.4 is 5.32 Å². The molecular weight excluding hydrogens is 337 g/mol. The highest BCUT2D eigenvalue weighted by atomic mass is 127. The lowest BCUT2D eigenvalue weighted by Crippen LogP contribution is -1.98. The van der Waals surface area contributed by atoms with Crippen LogP contribution in [-0.4, -0.2) is 9.97 Å². The molecule has 0 atom stereocenters. The number of halogens is 1. The predicted octanol–water partition coefficient (Wildman–Crippen LogP) is 3.78. The zero-order chi connectivity index (χ0) is 12.4. The summed E-state index contributed by atoms with van der Waals surface area (Å²) in [6.07, 6.45) is 3.81. The number of anilines is 1. The quantitative estimate of drug-likeness (QED) is 0.707. The molecule has 0 saturated carbocycles. The van der Waals surface area contributed by atoms with Gasteiger partial charge >= 0.3 is 0 Å². The SMILES string of the molecule is Ic1cccc(NCc2c[nH]c3ncccc23)c1. The molecule has 0 radical (unpaired) electrons. The Morgan fingerprint density at radius 1 is 1.22 bits per heavy atom. The van der Waals surface area contributed by atoms with Gasteiger partial charge in [-0.2, -0.15) is 0 Å². The van der Waals surface area contributed by atoms with E-state index in [4.69, 9.17) is 0 Å². The summed E-state index contributed by atoms with van der Waals surface area (Å²) in [5.74, 6) is 0. The molecule has 4 heteroatoms. The standard InChI is InChI=1S/C14H12IN3/c15-11-3-1-4-12(7-11)17-8-10-9-18-14-13(10)5-2-6-16-14/h1-7,9,17H,8H2,(H,16,18). The van der Waals surface area contributed by atoms with Crippen molar-refractivity contribution in [1.29, 1.82) is 0 Å². The van der Waals surface area contributed by atoms with Gasteiger partial charge in [0.1, 0.15) is 5.65 Å². The number of H-pyrrole nitrogens is 1. The zero-order valence-corrected chi connectivity index (χ0v) is 11.8. The van der Waals surface area contributed by atoms with Crippen LogP contribution in [0.1, 0.15) is 5.56 Å². The van der Waals surface area contributed by atoms with Crippen molar-refractivity contribution in [3.63, 3.8) is 0 Å². The van der Waals surface area contributed by atoms with Crippen molar-refractivity contribution < 1.29 is 0 Å². The molecule has 0 bridgehead atoms. The second-order valence-corrected chi connectivity index (χ2v) is 5.32. The Morgan fingerprint density at radius 2 is 2.17 bits per heavy atom. The highest BCUT2D eigenvalue weighted by Crippen LogP contribution is 2.18. The van der Waals surface area contributed by atoms with Crippen molar-refractivity contribution in [3.8, 4) is 0 Å². The molecule has 18 heavy (non-hydrogen) atoms. The van der Waals surface area contributed by atoms with E-state index in [0.717, 1.165) is 17.9 Å². The summed E-state index contributed by atoms with van der Waals surface area (Å²) in [6, 6.07) is 12.4. The number of aromatic nitrogens is 2. The van der Waals surface area contributed by atoms with Crippen molar-refractivity contribution in [2.24, 2.45) is 0 Å². The van der Waals surface area contributed by atoms with Gasteiger partial charge in [0.15, 0.2) is 0 Å². The summed E-state index contributed by atoms with van der Waals surface area (Å²) in [6.45, 7) is 0.797. The van der Waals surface area contributed by atoms with E-state index >= 15 is 0 Å². The lowest BCUT2D eigenvalue weighted by molar-refractivity contribution is 1.16. The van der Waals surface area contributed by atoms with E-state index in [1.165, 1.54) is 14.5 Å². The van der Waals surface area contributed by atoms with Gasteiger partial charge in [0.2, 0.25) is 0 Å². The second kappa shape index (κ2) is 4.97. The Balaban J connectivity index is 1.81. The van der Waals surface area contributed by atoms with Crippen LogP contribution in [-0.2, 0) is 6.54 Å². The van der Waals surface area contributed by atoms with E-state index in [1.807, 2.05) is 12.3 Å². The molecule has 3 aromatic rings. The molecule has 2 N–H and O–H groups in total. The number of fused-ring (bicyclic) bond motifs is 1. The van der Waals surface area contributed by atoms with Crippen LogP contribution in [0.3, 0.4) is 0 Å². The van der Waals surface area contributed by atoms with Crippen molar-refractivity contribution in [2.75, 3.05) is 5.32 Å². The number of hydrogen-bond donors (Lipinski definition) is 2. The number of rotatable bonds is 3. The average molecular weight is 349 g/mol. The van der Waals surface area contributed by atoms with Gasteiger partial charge in [-0.15, -0.1) is 0 Å². The molecule has 0 saturated heterocycles. The number of hydrogen-bond acceptors (Lipinski definition) is 2. The summed E-state index contributed by atoms with van der Waals surface area (Å²) in [5, 5.41) is 4.60. The monoisotopic (exact) mass is 349 g/mol. The fourth-order valence-electron chi connectivity index (χ4n) is 1.95. The first-order valence-corrected chi connectivity index (χ1v) is 6.81. The van der Waals surface area contributed by atoms with Crippen LogP contribution in [0.15, 0.2) is 48.8 Å². The maximum absolute atomic E-state index is 4.29. The number of pyridine rings is 1. The molecule has 3 rings (SSSR count). The summed E-state index contributed by atoms with van der Waals surface area (Å²) < 4.78 is 1.23. The number of benzene rings is 1. The summed E-state index contributed by atoms with van der Waals surface area (Å²) in [5.41, 5.74) is 3.31. The lowest BCUT2D eigenvalue weighted by Gasteiger charge is -2.05. The maximum Gasteiger partial charge on any atom is 0.137 e. The maximum atomic E-state index is 4.29. The Labute approximate surface area is 119 Å².